The molecular weight excluding hydrogens is 228 g/mol. The van der Waals surface area contributed by atoms with Crippen molar-refractivity contribution >= 4 is 5.78 Å². The maximum atomic E-state index is 12.3. The number of allylic oxidation sites excluding steroid dienone is 2. The average Bonchev–Trinajstić information content (AvgIpc) is 2.58. The number of ketones is 1. The molecule has 0 amide bonds. The van der Waals surface area contributed by atoms with Crippen LogP contribution in [-0.4, -0.2) is 17.5 Å². The third-order valence-corrected chi connectivity index (χ3v) is 5.39. The molecule has 3 nitrogen and oxygen atoms in total. The summed E-state index contributed by atoms with van der Waals surface area (Å²) in [4.78, 5) is 23.3. The molecule has 4 atom stereocenters. The van der Waals surface area contributed by atoms with Gasteiger partial charge in [-0.25, -0.2) is 9.78 Å². The SMILES string of the molecule is C[C@@H]1CCC=C2C(=O)C[C@H]3OOC(C)(C)[C@@H]3[C@@]21C. The number of Topliss-reactive ketones (excluding diaryl/α,β-unsaturated/α-hetero) is 1. The van der Waals surface area contributed by atoms with Crippen molar-refractivity contribution in [3.05, 3.63) is 11.6 Å². The second kappa shape index (κ2) is 3.67. The van der Waals surface area contributed by atoms with Gasteiger partial charge in [-0.05, 0) is 38.2 Å². The van der Waals surface area contributed by atoms with Gasteiger partial charge in [-0.1, -0.05) is 19.9 Å². The van der Waals surface area contributed by atoms with Crippen LogP contribution in [0.5, 0.6) is 0 Å². The van der Waals surface area contributed by atoms with Gasteiger partial charge in [-0.2, -0.15) is 0 Å². The Morgan fingerprint density at radius 1 is 1.33 bits per heavy atom. The predicted molar refractivity (Wildman–Crippen MR) is 67.7 cm³/mol. The Bertz CT molecular complexity index is 423. The topological polar surface area (TPSA) is 35.5 Å². The minimum absolute atomic E-state index is 0.0739. The number of hydrogen-bond donors (Lipinski definition) is 0. The van der Waals surface area contributed by atoms with E-state index in [-0.39, 0.29) is 28.8 Å². The van der Waals surface area contributed by atoms with Crippen LogP contribution in [0.1, 0.15) is 47.0 Å². The van der Waals surface area contributed by atoms with Gasteiger partial charge in [0.1, 0.15) is 11.7 Å². The molecule has 1 heterocycles. The van der Waals surface area contributed by atoms with E-state index in [1.54, 1.807) is 0 Å². The molecule has 0 N–H and O–H groups in total. The van der Waals surface area contributed by atoms with Gasteiger partial charge in [0.25, 0.3) is 0 Å². The van der Waals surface area contributed by atoms with Crippen molar-refractivity contribution in [1.29, 1.82) is 0 Å². The first-order valence-electron chi connectivity index (χ1n) is 6.95. The fourth-order valence-corrected chi connectivity index (χ4v) is 4.44. The molecule has 18 heavy (non-hydrogen) atoms. The quantitative estimate of drug-likeness (QED) is 0.620. The van der Waals surface area contributed by atoms with E-state index in [2.05, 4.69) is 33.8 Å². The molecular formula is C15H22O3. The Kier molecular flexibility index (Phi) is 2.52. The minimum Gasteiger partial charge on any atom is -0.294 e. The number of fused-ring (bicyclic) bond motifs is 3. The monoisotopic (exact) mass is 250 g/mol. The van der Waals surface area contributed by atoms with Crippen LogP contribution >= 0.6 is 0 Å². The Hall–Kier alpha value is -0.670. The largest absolute Gasteiger partial charge is 0.294 e. The molecule has 3 rings (SSSR count). The first-order valence-corrected chi connectivity index (χ1v) is 6.95. The van der Waals surface area contributed by atoms with Gasteiger partial charge in [-0.3, -0.25) is 4.79 Å². The summed E-state index contributed by atoms with van der Waals surface area (Å²) in [6.07, 6.45) is 4.73. The fraction of sp³-hybridized carbons (Fsp3) is 0.800. The minimum atomic E-state index is -0.315. The number of carbonyl (C=O) groups is 1. The Morgan fingerprint density at radius 3 is 2.78 bits per heavy atom. The summed E-state index contributed by atoms with van der Waals surface area (Å²) >= 11 is 0. The zero-order chi connectivity index (χ0) is 13.1. The lowest BCUT2D eigenvalue weighted by molar-refractivity contribution is -0.318. The van der Waals surface area contributed by atoms with Crippen LogP contribution in [0.2, 0.25) is 0 Å². The van der Waals surface area contributed by atoms with Crippen molar-refractivity contribution in [3.63, 3.8) is 0 Å². The van der Waals surface area contributed by atoms with Crippen molar-refractivity contribution in [2.24, 2.45) is 17.3 Å². The van der Waals surface area contributed by atoms with E-state index in [0.29, 0.717) is 12.3 Å². The predicted octanol–water partition coefficient (Wildman–Crippen LogP) is 3.05. The second-order valence-electron chi connectivity index (χ2n) is 6.81. The summed E-state index contributed by atoms with van der Waals surface area (Å²) in [5, 5.41) is 0. The van der Waals surface area contributed by atoms with E-state index in [0.717, 1.165) is 18.4 Å². The molecule has 3 aliphatic rings. The molecule has 1 aliphatic heterocycles. The van der Waals surface area contributed by atoms with Crippen molar-refractivity contribution in [2.75, 3.05) is 0 Å². The van der Waals surface area contributed by atoms with Gasteiger partial charge in [0.15, 0.2) is 5.78 Å². The van der Waals surface area contributed by atoms with Crippen LogP contribution in [0.4, 0.5) is 0 Å². The molecule has 2 fully saturated rings. The Labute approximate surface area is 108 Å². The van der Waals surface area contributed by atoms with Crippen LogP contribution in [0.25, 0.3) is 0 Å². The van der Waals surface area contributed by atoms with Crippen molar-refractivity contribution in [3.8, 4) is 0 Å². The summed E-state index contributed by atoms with van der Waals surface area (Å²) < 4.78 is 0. The first-order chi connectivity index (χ1) is 8.37. The van der Waals surface area contributed by atoms with Crippen LogP contribution in [0.3, 0.4) is 0 Å². The highest BCUT2D eigenvalue weighted by atomic mass is 17.2. The van der Waals surface area contributed by atoms with E-state index in [4.69, 9.17) is 9.78 Å². The molecule has 2 aliphatic carbocycles. The van der Waals surface area contributed by atoms with E-state index in [9.17, 15) is 4.79 Å². The van der Waals surface area contributed by atoms with Crippen molar-refractivity contribution < 1.29 is 14.6 Å². The highest BCUT2D eigenvalue weighted by molar-refractivity contribution is 5.98. The summed E-state index contributed by atoms with van der Waals surface area (Å²) in [6, 6.07) is 0. The maximum absolute atomic E-state index is 12.3. The Balaban J connectivity index is 2.13. The smallest absolute Gasteiger partial charge is 0.161 e. The van der Waals surface area contributed by atoms with Crippen LogP contribution in [0, 0.1) is 17.3 Å². The van der Waals surface area contributed by atoms with Gasteiger partial charge < -0.3 is 0 Å². The van der Waals surface area contributed by atoms with Crippen LogP contribution < -0.4 is 0 Å². The second-order valence-corrected chi connectivity index (χ2v) is 6.81. The molecule has 0 radical (unpaired) electrons. The van der Waals surface area contributed by atoms with Gasteiger partial charge in [0.05, 0.1) is 0 Å². The third kappa shape index (κ3) is 1.41. The average molecular weight is 250 g/mol. The molecule has 1 saturated carbocycles. The lowest BCUT2D eigenvalue weighted by Crippen LogP contribution is -2.54. The van der Waals surface area contributed by atoms with Gasteiger partial charge in [0.2, 0.25) is 0 Å². The molecule has 0 bridgehead atoms. The lowest BCUT2D eigenvalue weighted by Gasteiger charge is -2.51. The van der Waals surface area contributed by atoms with Crippen LogP contribution in [-0.2, 0) is 14.6 Å². The maximum Gasteiger partial charge on any atom is 0.161 e. The van der Waals surface area contributed by atoms with E-state index in [1.807, 2.05) is 0 Å². The number of carbonyl (C=O) groups excluding carboxylic acids is 1. The zero-order valence-electron chi connectivity index (χ0n) is 11.7. The fourth-order valence-electron chi connectivity index (χ4n) is 4.44. The molecule has 0 aromatic rings. The number of rotatable bonds is 0. The first kappa shape index (κ1) is 12.4. The molecule has 3 heteroatoms. The van der Waals surface area contributed by atoms with Gasteiger partial charge in [0, 0.05) is 17.8 Å². The van der Waals surface area contributed by atoms with E-state index in [1.165, 1.54) is 0 Å². The molecule has 100 valence electrons. The number of hydrogen-bond acceptors (Lipinski definition) is 3. The third-order valence-electron chi connectivity index (χ3n) is 5.39. The molecule has 0 aromatic heterocycles. The highest BCUT2D eigenvalue weighted by Crippen LogP contribution is 2.59. The summed E-state index contributed by atoms with van der Waals surface area (Å²) in [6.45, 7) is 8.66. The zero-order valence-corrected chi connectivity index (χ0v) is 11.7. The summed E-state index contributed by atoms with van der Waals surface area (Å²) in [5.41, 5.74) is 0.618. The lowest BCUT2D eigenvalue weighted by atomic mass is 9.51. The van der Waals surface area contributed by atoms with Crippen LogP contribution in [0.15, 0.2) is 11.6 Å². The van der Waals surface area contributed by atoms with E-state index >= 15 is 0 Å². The van der Waals surface area contributed by atoms with Gasteiger partial charge >= 0.3 is 0 Å². The molecule has 0 aromatic carbocycles. The highest BCUT2D eigenvalue weighted by Gasteiger charge is 2.62. The summed E-state index contributed by atoms with van der Waals surface area (Å²) in [5.74, 6) is 1.02. The molecule has 1 saturated heterocycles. The van der Waals surface area contributed by atoms with Crippen molar-refractivity contribution in [1.82, 2.24) is 0 Å². The standard InChI is InChI=1S/C15H22O3/c1-9-6-5-7-10-11(16)8-12-13(15(9,10)4)14(2,3)18-17-12/h7,9,12-13H,5-6,8H2,1-4H3/t9-,12-,13-,15-/m1/s1. The normalized spacial score (nSPS) is 46.3. The molecule has 0 spiro atoms. The molecule has 0 unspecified atom stereocenters. The summed E-state index contributed by atoms with van der Waals surface area (Å²) in [7, 11) is 0. The Morgan fingerprint density at radius 2 is 2.06 bits per heavy atom. The van der Waals surface area contributed by atoms with Gasteiger partial charge in [-0.15, -0.1) is 0 Å². The van der Waals surface area contributed by atoms with E-state index < -0.39 is 0 Å². The van der Waals surface area contributed by atoms with Crippen molar-refractivity contribution in [2.45, 2.75) is 58.7 Å².